The van der Waals surface area contributed by atoms with Crippen molar-refractivity contribution in [3.05, 3.63) is 52.1 Å². The Morgan fingerprint density at radius 1 is 0.790 bits per heavy atom. The number of aromatic amines is 1. The predicted molar refractivity (Wildman–Crippen MR) is 232 cm³/mol. The number of esters is 1. The van der Waals surface area contributed by atoms with E-state index in [0.29, 0.717) is 109 Å². The molecule has 0 fully saturated rings. The molecule has 3 rings (SSSR count). The molecule has 22 heteroatoms. The van der Waals surface area contributed by atoms with Gasteiger partial charge in [-0.3, -0.25) is 24.2 Å². The Bertz CT molecular complexity index is 1840. The number of carbonyl (C=O) groups excluding carboxylic acids is 4. The lowest BCUT2D eigenvalue weighted by molar-refractivity contribution is -0.146. The zero-order valence-electron chi connectivity index (χ0n) is 35.7. The molecule has 0 aliphatic rings. The molecule has 0 spiro atoms. The molecule has 0 unspecified atom stereocenters. The van der Waals surface area contributed by atoms with Crippen LogP contribution in [0.15, 0.2) is 35.3 Å². The minimum Gasteiger partial charge on any atom is -0.464 e. The van der Waals surface area contributed by atoms with Crippen molar-refractivity contribution in [1.82, 2.24) is 35.9 Å². The van der Waals surface area contributed by atoms with Crippen LogP contribution in [-0.2, 0) is 54.1 Å². The van der Waals surface area contributed by atoms with Gasteiger partial charge in [-0.25, -0.2) is 14.8 Å². The number of nitrogens with zero attached hydrogens (tertiary/aromatic N) is 3. The number of fused-ring (bicyclic) bond motifs is 1. The number of ether oxygens (including phenoxy) is 7. The van der Waals surface area contributed by atoms with E-state index < -0.39 is 17.6 Å². The van der Waals surface area contributed by atoms with Gasteiger partial charge in [0.15, 0.2) is 11.2 Å². The molecule has 3 amide bonds. The Morgan fingerprint density at radius 2 is 1.39 bits per heavy atom. The molecule has 62 heavy (non-hydrogen) atoms. The summed E-state index contributed by atoms with van der Waals surface area (Å²) in [5, 5.41) is 11.6. The Hall–Kier alpha value is -4.97. The van der Waals surface area contributed by atoms with Gasteiger partial charge in [-0.2, -0.15) is 16.7 Å². The van der Waals surface area contributed by atoms with E-state index in [1.165, 1.54) is 18.0 Å². The van der Waals surface area contributed by atoms with E-state index in [1.807, 2.05) is 13.2 Å². The Balaban J connectivity index is 1.07. The van der Waals surface area contributed by atoms with E-state index in [-0.39, 0.29) is 66.9 Å². The van der Waals surface area contributed by atoms with Crippen molar-refractivity contribution >= 4 is 58.3 Å². The van der Waals surface area contributed by atoms with Crippen molar-refractivity contribution in [2.45, 2.75) is 51.7 Å². The normalized spacial score (nSPS) is 12.1. The van der Waals surface area contributed by atoms with Crippen molar-refractivity contribution in [3.63, 3.8) is 0 Å². The fourth-order valence-electron chi connectivity index (χ4n) is 5.28. The highest BCUT2D eigenvalue weighted by molar-refractivity contribution is 7.98. The largest absolute Gasteiger partial charge is 0.464 e. The smallest absolute Gasteiger partial charge is 0.329 e. The first-order chi connectivity index (χ1) is 30.1. The highest BCUT2D eigenvalue weighted by Crippen LogP contribution is 2.12. The topological polar surface area (TPSA) is 279 Å². The average Bonchev–Trinajstić information content (AvgIpc) is 3.25. The zero-order chi connectivity index (χ0) is 44.8. The molecule has 2 aromatic heterocycles. The molecule has 0 bridgehead atoms. The molecule has 0 radical (unpaired) electrons. The lowest BCUT2D eigenvalue weighted by Gasteiger charge is -2.16. The zero-order valence-corrected chi connectivity index (χ0v) is 36.5. The van der Waals surface area contributed by atoms with Gasteiger partial charge in [0.1, 0.15) is 6.04 Å². The van der Waals surface area contributed by atoms with Gasteiger partial charge < -0.3 is 60.2 Å². The van der Waals surface area contributed by atoms with Crippen LogP contribution in [0, 0.1) is 0 Å². The summed E-state index contributed by atoms with van der Waals surface area (Å²) in [6.45, 7) is 9.00. The minimum absolute atomic E-state index is 0.0288. The van der Waals surface area contributed by atoms with Crippen molar-refractivity contribution in [2.24, 2.45) is 0 Å². The summed E-state index contributed by atoms with van der Waals surface area (Å²) < 4.78 is 37.8. The van der Waals surface area contributed by atoms with Crippen LogP contribution < -0.4 is 32.6 Å². The quantitative estimate of drug-likeness (QED) is 0.0358. The van der Waals surface area contributed by atoms with Crippen molar-refractivity contribution in [1.29, 1.82) is 0 Å². The van der Waals surface area contributed by atoms with Crippen LogP contribution in [0.2, 0.25) is 0 Å². The molecule has 0 aliphatic carbocycles. The summed E-state index contributed by atoms with van der Waals surface area (Å²) in [5.41, 5.74) is 7.08. The van der Waals surface area contributed by atoms with E-state index >= 15 is 0 Å². The van der Waals surface area contributed by atoms with E-state index in [0.717, 1.165) is 5.69 Å². The summed E-state index contributed by atoms with van der Waals surface area (Å²) in [6, 6.07) is 6.00. The van der Waals surface area contributed by atoms with Gasteiger partial charge in [-0.15, -0.1) is 0 Å². The van der Waals surface area contributed by atoms with Gasteiger partial charge in [-0.05, 0) is 50.8 Å². The van der Waals surface area contributed by atoms with Gasteiger partial charge >= 0.3 is 5.97 Å². The van der Waals surface area contributed by atoms with Crippen LogP contribution in [0.4, 0.5) is 11.6 Å². The summed E-state index contributed by atoms with van der Waals surface area (Å²) in [6.07, 6.45) is 4.22. The van der Waals surface area contributed by atoms with Crippen LogP contribution in [-0.4, -0.2) is 160 Å². The molecule has 0 saturated carbocycles. The lowest BCUT2D eigenvalue weighted by Crippen LogP contribution is -2.43. The minimum atomic E-state index is -0.668. The number of hydrogen-bond donors (Lipinski definition) is 6. The number of aromatic nitrogens is 4. The number of amides is 3. The van der Waals surface area contributed by atoms with E-state index in [9.17, 15) is 24.0 Å². The molecular weight excluding hydrogens is 831 g/mol. The number of rotatable bonds is 34. The second-order valence-electron chi connectivity index (χ2n) is 13.4. The molecule has 1 aromatic carbocycles. The maximum Gasteiger partial charge on any atom is 0.329 e. The molecule has 3 aromatic rings. The lowest BCUT2D eigenvalue weighted by atomic mass is 10.1. The van der Waals surface area contributed by atoms with Crippen molar-refractivity contribution in [3.8, 4) is 0 Å². The number of H-pyrrole nitrogens is 1. The number of nitrogens with two attached hydrogens (primary N) is 1. The SMILES string of the molecule is CCOC(=O)[C@H](CSC)NC(=O)CCOCCOCCOCCOCCOCCOCCNC(=O)CC[C@@H](C)NC(=O)c1ccc(NCc2cnc3nc(N)[nH]c(=O)c3n2)cc1. The van der Waals surface area contributed by atoms with E-state index in [1.54, 1.807) is 31.2 Å². The number of anilines is 2. The summed E-state index contributed by atoms with van der Waals surface area (Å²) >= 11 is 1.45. The number of hydrogen-bond acceptors (Lipinski definition) is 18. The maximum absolute atomic E-state index is 12.7. The van der Waals surface area contributed by atoms with Crippen LogP contribution in [0.25, 0.3) is 11.2 Å². The number of carbonyl (C=O) groups is 4. The second-order valence-corrected chi connectivity index (χ2v) is 14.3. The summed E-state index contributed by atoms with van der Waals surface area (Å²) in [5.74, 6) is -0.682. The van der Waals surface area contributed by atoms with Crippen molar-refractivity contribution in [2.75, 3.05) is 115 Å². The molecule has 2 heterocycles. The third kappa shape index (κ3) is 21.7. The van der Waals surface area contributed by atoms with E-state index in [4.69, 9.17) is 38.9 Å². The highest BCUT2D eigenvalue weighted by atomic mass is 32.2. The van der Waals surface area contributed by atoms with E-state index in [2.05, 4.69) is 41.2 Å². The number of thioether (sulfide) groups is 1. The number of nitrogens with one attached hydrogen (secondary N) is 5. The predicted octanol–water partition coefficient (Wildman–Crippen LogP) is 0.823. The highest BCUT2D eigenvalue weighted by Gasteiger charge is 2.21. The monoisotopic (exact) mass is 891 g/mol. The molecule has 21 nitrogen and oxygen atoms in total. The second kappa shape index (κ2) is 31.0. The molecular formula is C40H61N9O12S. The van der Waals surface area contributed by atoms with Gasteiger partial charge in [0.2, 0.25) is 17.8 Å². The molecule has 2 atom stereocenters. The number of benzene rings is 1. The molecule has 344 valence electrons. The first-order valence-electron chi connectivity index (χ1n) is 20.4. The van der Waals surface area contributed by atoms with Crippen LogP contribution in [0.5, 0.6) is 0 Å². The van der Waals surface area contributed by atoms with Crippen LogP contribution in [0.1, 0.15) is 49.2 Å². The fourth-order valence-corrected chi connectivity index (χ4v) is 5.83. The molecule has 7 N–H and O–H groups in total. The molecule has 0 saturated heterocycles. The first kappa shape index (κ1) is 51.4. The Kier molecular flexibility index (Phi) is 25.7. The van der Waals surface area contributed by atoms with Crippen molar-refractivity contribution < 1.29 is 52.3 Å². The van der Waals surface area contributed by atoms with Crippen LogP contribution in [0.3, 0.4) is 0 Å². The third-order valence-corrected chi connectivity index (χ3v) is 9.10. The Morgan fingerprint density at radius 3 is 1.98 bits per heavy atom. The number of nitrogen functional groups attached to an aromatic ring is 1. The summed E-state index contributed by atoms with van der Waals surface area (Å²) in [7, 11) is 0. The molecule has 0 aliphatic heterocycles. The Labute approximate surface area is 365 Å². The van der Waals surface area contributed by atoms with Gasteiger partial charge in [-0.1, -0.05) is 0 Å². The van der Waals surface area contributed by atoms with Gasteiger partial charge in [0, 0.05) is 42.4 Å². The summed E-state index contributed by atoms with van der Waals surface area (Å²) in [4.78, 5) is 75.9. The first-order valence-corrected chi connectivity index (χ1v) is 21.8. The maximum atomic E-state index is 12.7. The van der Waals surface area contributed by atoms with Crippen LogP contribution >= 0.6 is 11.8 Å². The standard InChI is InChI=1S/C40H61N9O12S/c1-4-61-39(54)32(27-62-3)47-34(51)11-13-55-15-17-57-19-21-59-23-24-60-22-20-58-18-16-56-14-12-42-33(50)10-5-28(2)45-37(52)29-6-8-30(9-7-29)43-25-31-26-44-36-35(46-31)38(53)49-40(41)48-36/h6-9,26,28,32,43H,4-5,10-25,27H2,1-3H3,(H,42,50)(H,45,52)(H,47,51)(H3,41,44,48,49,53)/t28-,32+/m1/s1. The van der Waals surface area contributed by atoms with Gasteiger partial charge in [0.05, 0.1) is 104 Å². The fraction of sp³-hybridized carbons (Fsp3) is 0.600. The average molecular weight is 892 g/mol. The van der Waals surface area contributed by atoms with Gasteiger partial charge in [0.25, 0.3) is 11.5 Å². The third-order valence-electron chi connectivity index (χ3n) is 8.43.